The number of rotatable bonds is 15. The number of carbonyl (C=O) groups is 1. The normalized spacial score (nSPS) is 14.8. The molecule has 4 aromatic rings. The summed E-state index contributed by atoms with van der Waals surface area (Å²) in [5.41, 5.74) is 3.24. The summed E-state index contributed by atoms with van der Waals surface area (Å²) in [7, 11) is 6.40. The van der Waals surface area contributed by atoms with Crippen LogP contribution in [0.4, 0.5) is 19.1 Å². The molecule has 1 aromatic heterocycles. The minimum atomic E-state index is -4.18. The Morgan fingerprint density at radius 3 is 2.24 bits per heavy atom. The van der Waals surface area contributed by atoms with Gasteiger partial charge in [-0.1, -0.05) is 42.5 Å². The van der Waals surface area contributed by atoms with E-state index < -0.39 is 12.6 Å². The lowest BCUT2D eigenvalue weighted by Crippen LogP contribution is -2.40. The van der Waals surface area contributed by atoms with Crippen LogP contribution in [0.2, 0.25) is 0 Å². The molecule has 2 heterocycles. The number of piperidine rings is 1. The van der Waals surface area contributed by atoms with E-state index in [0.717, 1.165) is 49.9 Å². The minimum Gasteiger partial charge on any atom is -0.493 e. The van der Waals surface area contributed by atoms with Gasteiger partial charge in [-0.2, -0.15) is 13.2 Å². The van der Waals surface area contributed by atoms with Crippen molar-refractivity contribution in [2.75, 3.05) is 59.9 Å². The van der Waals surface area contributed by atoms with Crippen LogP contribution in [0.15, 0.2) is 66.7 Å². The fourth-order valence-electron chi connectivity index (χ4n) is 6.60. The van der Waals surface area contributed by atoms with Gasteiger partial charge in [-0.05, 0) is 62.1 Å². The highest BCUT2D eigenvalue weighted by Crippen LogP contribution is 2.38. The highest BCUT2D eigenvalue weighted by atomic mass is 19.4. The number of halogens is 3. The van der Waals surface area contributed by atoms with E-state index in [0.29, 0.717) is 35.3 Å². The quantitative estimate of drug-likeness (QED) is 0.142. The molecule has 0 radical (unpaired) electrons. The number of aromatic nitrogens is 2. The number of hydrogen-bond acceptors (Lipinski definition) is 7. The average Bonchev–Trinajstić information content (AvgIpc) is 3.45. The first kappa shape index (κ1) is 35.8. The highest BCUT2D eigenvalue weighted by Gasteiger charge is 2.28. The Balaban J connectivity index is 1.20. The van der Waals surface area contributed by atoms with Gasteiger partial charge in [-0.3, -0.25) is 4.79 Å². The number of para-hydroxylation sites is 2. The highest BCUT2D eigenvalue weighted by molar-refractivity contribution is 5.95. The third kappa shape index (κ3) is 9.17. The van der Waals surface area contributed by atoms with Gasteiger partial charge in [0.1, 0.15) is 0 Å². The lowest BCUT2D eigenvalue weighted by atomic mass is 9.94. The first-order valence-corrected chi connectivity index (χ1v) is 16.7. The van der Waals surface area contributed by atoms with E-state index in [-0.39, 0.29) is 30.8 Å². The van der Waals surface area contributed by atoms with Crippen LogP contribution >= 0.6 is 0 Å². The number of nitrogens with one attached hydrogen (secondary N) is 1. The molecule has 1 fully saturated rings. The average molecular weight is 682 g/mol. The van der Waals surface area contributed by atoms with Crippen LogP contribution in [-0.2, 0) is 6.54 Å². The summed E-state index contributed by atoms with van der Waals surface area (Å²) in [6.07, 6.45) is -2.36. The maximum atomic E-state index is 13.6. The van der Waals surface area contributed by atoms with Crippen molar-refractivity contribution in [2.24, 2.45) is 0 Å². The van der Waals surface area contributed by atoms with E-state index in [1.165, 1.54) is 26.9 Å². The number of carbonyl (C=O) groups excluding carboxylic acids is 1. The van der Waals surface area contributed by atoms with Crippen molar-refractivity contribution < 1.29 is 32.2 Å². The second-order valence-electron chi connectivity index (χ2n) is 12.6. The molecule has 1 N–H and O–H groups in total. The maximum absolute atomic E-state index is 13.6. The van der Waals surface area contributed by atoms with E-state index in [2.05, 4.69) is 22.3 Å². The van der Waals surface area contributed by atoms with E-state index >= 15 is 0 Å². The molecule has 1 aliphatic rings. The Morgan fingerprint density at radius 1 is 0.959 bits per heavy atom. The molecule has 1 aliphatic heterocycles. The van der Waals surface area contributed by atoms with E-state index in [1.54, 1.807) is 17.0 Å². The van der Waals surface area contributed by atoms with Gasteiger partial charge < -0.3 is 33.9 Å². The largest absolute Gasteiger partial charge is 0.493 e. The monoisotopic (exact) mass is 681 g/mol. The van der Waals surface area contributed by atoms with Crippen LogP contribution in [0.25, 0.3) is 11.0 Å². The summed E-state index contributed by atoms with van der Waals surface area (Å²) < 4.78 is 56.9. The Hall–Kier alpha value is -4.45. The molecule has 0 saturated carbocycles. The standard InChI is InChI=1S/C37H46F3N5O4/c1-43(35(46)28-23-32(47-2)34(49-4)33(24-28)48-3)25-27(26-11-6-5-7-12-26)15-20-44-21-16-29(17-22-44)41-36-42-30-13-8-9-14-31(30)45(36)19-10-18-37(38,39)40/h5-9,11-14,23-24,27,29H,10,15-22,25H2,1-4H3,(H,41,42). The van der Waals surface area contributed by atoms with Gasteiger partial charge in [-0.15, -0.1) is 0 Å². The molecule has 1 atom stereocenters. The zero-order valence-corrected chi connectivity index (χ0v) is 28.6. The minimum absolute atomic E-state index is 0.00280. The summed E-state index contributed by atoms with van der Waals surface area (Å²) in [4.78, 5) is 22.5. The fourth-order valence-corrected chi connectivity index (χ4v) is 6.60. The fraction of sp³-hybridized carbons (Fsp3) is 0.459. The SMILES string of the molecule is COc1cc(C(=O)N(C)CC(CCN2CCC(Nc3nc4ccccc4n3CCCC(F)(F)F)CC2)c2ccccc2)cc(OC)c1OC. The Labute approximate surface area is 285 Å². The second kappa shape index (κ2) is 16.3. The Bertz CT molecular complexity index is 1650. The lowest BCUT2D eigenvalue weighted by molar-refractivity contribution is -0.135. The van der Waals surface area contributed by atoms with Gasteiger partial charge in [0.2, 0.25) is 11.7 Å². The number of anilines is 1. The Kier molecular flexibility index (Phi) is 11.9. The summed E-state index contributed by atoms with van der Waals surface area (Å²) in [6, 6.07) is 21.4. The number of likely N-dealkylation sites (tertiary alicyclic amines) is 1. The Morgan fingerprint density at radius 2 is 1.61 bits per heavy atom. The van der Waals surface area contributed by atoms with Crippen molar-refractivity contribution in [2.45, 2.75) is 56.8 Å². The zero-order valence-electron chi connectivity index (χ0n) is 28.6. The molecule has 0 spiro atoms. The topological polar surface area (TPSA) is 81.1 Å². The van der Waals surface area contributed by atoms with E-state index in [1.807, 2.05) is 54.1 Å². The number of amides is 1. The first-order chi connectivity index (χ1) is 23.6. The molecular weight excluding hydrogens is 635 g/mol. The number of imidazole rings is 1. The van der Waals surface area contributed by atoms with Gasteiger partial charge in [0.25, 0.3) is 5.91 Å². The molecule has 0 aliphatic carbocycles. The molecule has 1 unspecified atom stereocenters. The molecule has 12 heteroatoms. The number of nitrogens with zero attached hydrogens (tertiary/aromatic N) is 4. The first-order valence-electron chi connectivity index (χ1n) is 16.7. The van der Waals surface area contributed by atoms with Crippen LogP contribution in [0, 0.1) is 0 Å². The van der Waals surface area contributed by atoms with Crippen LogP contribution in [0.5, 0.6) is 17.2 Å². The number of hydrogen-bond donors (Lipinski definition) is 1. The van der Waals surface area contributed by atoms with Crippen LogP contribution in [-0.4, -0.2) is 92.0 Å². The van der Waals surface area contributed by atoms with Gasteiger partial charge in [-0.25, -0.2) is 4.98 Å². The molecule has 1 amide bonds. The second-order valence-corrected chi connectivity index (χ2v) is 12.6. The summed E-state index contributed by atoms with van der Waals surface area (Å²) in [5, 5.41) is 3.55. The van der Waals surface area contributed by atoms with E-state index in [9.17, 15) is 18.0 Å². The van der Waals surface area contributed by atoms with Gasteiger partial charge in [0.15, 0.2) is 11.5 Å². The summed E-state index contributed by atoms with van der Waals surface area (Å²) in [6.45, 7) is 3.41. The van der Waals surface area contributed by atoms with Crippen molar-refractivity contribution >= 4 is 22.9 Å². The number of fused-ring (bicyclic) bond motifs is 1. The molecule has 3 aromatic carbocycles. The predicted octanol–water partition coefficient (Wildman–Crippen LogP) is 7.23. The van der Waals surface area contributed by atoms with Crippen molar-refractivity contribution in [3.05, 3.63) is 77.9 Å². The number of methoxy groups -OCH3 is 3. The van der Waals surface area contributed by atoms with Crippen LogP contribution in [0.3, 0.4) is 0 Å². The molecule has 5 rings (SSSR count). The zero-order chi connectivity index (χ0) is 35.0. The molecule has 9 nitrogen and oxygen atoms in total. The summed E-state index contributed by atoms with van der Waals surface area (Å²) >= 11 is 0. The predicted molar refractivity (Wildman–Crippen MR) is 185 cm³/mol. The molecule has 1 saturated heterocycles. The number of ether oxygens (including phenoxy) is 3. The summed E-state index contributed by atoms with van der Waals surface area (Å²) in [5.74, 6) is 1.89. The lowest BCUT2D eigenvalue weighted by Gasteiger charge is -2.34. The van der Waals surface area contributed by atoms with Crippen LogP contribution in [0.1, 0.15) is 53.9 Å². The molecule has 49 heavy (non-hydrogen) atoms. The maximum Gasteiger partial charge on any atom is 0.389 e. The van der Waals surface area contributed by atoms with E-state index in [4.69, 9.17) is 19.2 Å². The number of likely N-dealkylation sites (N-methyl/N-ethyl adjacent to an activating group) is 1. The van der Waals surface area contributed by atoms with Crippen molar-refractivity contribution in [1.82, 2.24) is 19.4 Å². The third-order valence-corrected chi connectivity index (χ3v) is 9.23. The van der Waals surface area contributed by atoms with Crippen molar-refractivity contribution in [1.29, 1.82) is 0 Å². The van der Waals surface area contributed by atoms with Crippen molar-refractivity contribution in [3.8, 4) is 17.2 Å². The number of alkyl halides is 3. The molecule has 0 bridgehead atoms. The van der Waals surface area contributed by atoms with Crippen LogP contribution < -0.4 is 19.5 Å². The smallest absolute Gasteiger partial charge is 0.389 e. The molecular formula is C37H46F3N5O4. The van der Waals surface area contributed by atoms with Crippen molar-refractivity contribution in [3.63, 3.8) is 0 Å². The molecule has 264 valence electrons. The number of benzene rings is 3. The van der Waals surface area contributed by atoms with Gasteiger partial charge >= 0.3 is 6.18 Å². The van der Waals surface area contributed by atoms with Gasteiger partial charge in [0.05, 0.1) is 32.4 Å². The van der Waals surface area contributed by atoms with Gasteiger partial charge in [0, 0.05) is 57.2 Å². The number of aryl methyl sites for hydroxylation is 1. The third-order valence-electron chi connectivity index (χ3n) is 9.23.